The molecule has 0 spiro atoms. The topological polar surface area (TPSA) is 61.0 Å². The number of hydrogen-bond acceptors (Lipinski definition) is 4. The van der Waals surface area contributed by atoms with Gasteiger partial charge in [-0.2, -0.15) is 0 Å². The van der Waals surface area contributed by atoms with Gasteiger partial charge in [0.25, 0.3) is 5.56 Å². The summed E-state index contributed by atoms with van der Waals surface area (Å²) in [4.78, 5) is 22.0. The minimum absolute atomic E-state index is 0.00103. The quantitative estimate of drug-likeness (QED) is 0.876. The Labute approximate surface area is 119 Å². The highest BCUT2D eigenvalue weighted by molar-refractivity contribution is 5.11. The molecule has 1 saturated carbocycles. The fourth-order valence-corrected chi connectivity index (χ4v) is 3.37. The molecule has 3 rings (SSSR count). The molecule has 0 aromatic carbocycles. The molecule has 2 fully saturated rings. The van der Waals surface area contributed by atoms with Gasteiger partial charge in [-0.05, 0) is 19.8 Å². The van der Waals surface area contributed by atoms with Crippen LogP contribution < -0.4 is 10.9 Å². The summed E-state index contributed by atoms with van der Waals surface area (Å²) in [6.45, 7) is 6.19. The first kappa shape index (κ1) is 13.8. The highest BCUT2D eigenvalue weighted by atomic mass is 16.1. The molecule has 1 aromatic heterocycles. The van der Waals surface area contributed by atoms with Crippen molar-refractivity contribution < 1.29 is 0 Å². The first-order chi connectivity index (χ1) is 9.74. The van der Waals surface area contributed by atoms with Crippen molar-refractivity contribution in [1.82, 2.24) is 20.2 Å². The van der Waals surface area contributed by atoms with E-state index in [1.807, 2.05) is 0 Å². The summed E-state index contributed by atoms with van der Waals surface area (Å²) in [5, 5.41) is 3.35. The van der Waals surface area contributed by atoms with Crippen molar-refractivity contribution in [3.63, 3.8) is 0 Å². The maximum Gasteiger partial charge on any atom is 0.251 e. The number of nitrogens with one attached hydrogen (secondary N) is 2. The van der Waals surface area contributed by atoms with Gasteiger partial charge in [0, 0.05) is 38.2 Å². The molecule has 0 bridgehead atoms. The third-order valence-electron chi connectivity index (χ3n) is 4.65. The van der Waals surface area contributed by atoms with Crippen molar-refractivity contribution >= 4 is 0 Å². The Kier molecular flexibility index (Phi) is 4.17. The molecule has 1 atom stereocenters. The molecular formula is C15H24N4O. The highest BCUT2D eigenvalue weighted by Crippen LogP contribution is 2.32. The lowest BCUT2D eigenvalue weighted by atomic mass is 10.0. The maximum absolute atomic E-state index is 11.9. The van der Waals surface area contributed by atoms with Crippen LogP contribution in [-0.2, 0) is 0 Å². The van der Waals surface area contributed by atoms with Crippen molar-refractivity contribution in [2.75, 3.05) is 26.2 Å². The monoisotopic (exact) mass is 276 g/mol. The lowest BCUT2D eigenvalue weighted by molar-refractivity contribution is 0.178. The molecular weight excluding hydrogens is 252 g/mol. The maximum atomic E-state index is 11.9. The largest absolute Gasteiger partial charge is 0.314 e. The number of hydrogen-bond donors (Lipinski definition) is 2. The molecule has 2 N–H and O–H groups in total. The SMILES string of the molecule is CC(c1nc(C2CCCC2)cc(=O)[nH]1)N1CCNCC1. The molecule has 0 radical (unpaired) electrons. The number of rotatable bonds is 3. The molecule has 2 aliphatic rings. The number of piperazine rings is 1. The first-order valence-electron chi connectivity index (χ1n) is 7.80. The molecule has 1 aliphatic heterocycles. The zero-order valence-electron chi connectivity index (χ0n) is 12.2. The molecule has 5 nitrogen and oxygen atoms in total. The van der Waals surface area contributed by atoms with Crippen LogP contribution in [0.4, 0.5) is 0 Å². The fraction of sp³-hybridized carbons (Fsp3) is 0.733. The molecule has 2 heterocycles. The molecule has 1 saturated heterocycles. The van der Waals surface area contributed by atoms with Crippen LogP contribution in [-0.4, -0.2) is 41.0 Å². The van der Waals surface area contributed by atoms with E-state index in [1.54, 1.807) is 6.07 Å². The Balaban J connectivity index is 1.82. The zero-order valence-corrected chi connectivity index (χ0v) is 12.2. The highest BCUT2D eigenvalue weighted by Gasteiger charge is 2.23. The molecule has 110 valence electrons. The number of aromatic nitrogens is 2. The van der Waals surface area contributed by atoms with Gasteiger partial charge in [-0.3, -0.25) is 9.69 Å². The van der Waals surface area contributed by atoms with Crippen LogP contribution >= 0.6 is 0 Å². The van der Waals surface area contributed by atoms with Gasteiger partial charge >= 0.3 is 0 Å². The number of aromatic amines is 1. The average Bonchev–Trinajstić information content (AvgIpc) is 3.01. The van der Waals surface area contributed by atoms with Crippen LogP contribution in [0.2, 0.25) is 0 Å². The minimum atomic E-state index is -0.00103. The van der Waals surface area contributed by atoms with Crippen molar-refractivity contribution in [3.8, 4) is 0 Å². The predicted octanol–water partition coefficient (Wildman–Crippen LogP) is 1.39. The summed E-state index contributed by atoms with van der Waals surface area (Å²) < 4.78 is 0. The number of nitrogens with zero attached hydrogens (tertiary/aromatic N) is 2. The van der Waals surface area contributed by atoms with E-state index in [-0.39, 0.29) is 11.6 Å². The molecule has 1 unspecified atom stereocenters. The zero-order chi connectivity index (χ0) is 13.9. The predicted molar refractivity (Wildman–Crippen MR) is 78.9 cm³/mol. The van der Waals surface area contributed by atoms with Crippen molar-refractivity contribution in [3.05, 3.63) is 27.9 Å². The molecule has 1 aliphatic carbocycles. The van der Waals surface area contributed by atoms with Crippen LogP contribution in [0.15, 0.2) is 10.9 Å². The van der Waals surface area contributed by atoms with Crippen molar-refractivity contribution in [2.45, 2.75) is 44.6 Å². The van der Waals surface area contributed by atoms with Crippen LogP contribution in [0.3, 0.4) is 0 Å². The van der Waals surface area contributed by atoms with Crippen molar-refractivity contribution in [2.24, 2.45) is 0 Å². The second kappa shape index (κ2) is 6.06. The van der Waals surface area contributed by atoms with Gasteiger partial charge < -0.3 is 10.3 Å². The molecule has 0 amide bonds. The van der Waals surface area contributed by atoms with Crippen LogP contribution in [0.1, 0.15) is 56.1 Å². The Morgan fingerprint density at radius 1 is 1.30 bits per heavy atom. The van der Waals surface area contributed by atoms with Gasteiger partial charge in [-0.1, -0.05) is 12.8 Å². The molecule has 5 heteroatoms. The summed E-state index contributed by atoms with van der Waals surface area (Å²) in [7, 11) is 0. The van der Waals surface area contributed by atoms with E-state index >= 15 is 0 Å². The van der Waals surface area contributed by atoms with Gasteiger partial charge in [-0.15, -0.1) is 0 Å². The average molecular weight is 276 g/mol. The number of H-pyrrole nitrogens is 1. The van der Waals surface area contributed by atoms with E-state index < -0.39 is 0 Å². The third kappa shape index (κ3) is 2.94. The smallest absolute Gasteiger partial charge is 0.251 e. The first-order valence-corrected chi connectivity index (χ1v) is 7.80. The van der Waals surface area contributed by atoms with E-state index in [4.69, 9.17) is 4.98 Å². The normalized spacial score (nSPS) is 23.1. The Morgan fingerprint density at radius 3 is 2.70 bits per heavy atom. The van der Waals surface area contributed by atoms with E-state index in [0.29, 0.717) is 5.92 Å². The van der Waals surface area contributed by atoms with Gasteiger partial charge in [0.15, 0.2) is 0 Å². The third-order valence-corrected chi connectivity index (χ3v) is 4.65. The van der Waals surface area contributed by atoms with Crippen LogP contribution in [0, 0.1) is 0 Å². The van der Waals surface area contributed by atoms with E-state index in [9.17, 15) is 4.79 Å². The summed E-state index contributed by atoms with van der Waals surface area (Å²) in [6, 6.07) is 1.88. The van der Waals surface area contributed by atoms with E-state index in [0.717, 1.165) is 37.7 Å². The fourth-order valence-electron chi connectivity index (χ4n) is 3.37. The minimum Gasteiger partial charge on any atom is -0.314 e. The van der Waals surface area contributed by atoms with Gasteiger partial charge in [0.1, 0.15) is 5.82 Å². The van der Waals surface area contributed by atoms with Crippen LogP contribution in [0.25, 0.3) is 0 Å². The lowest BCUT2D eigenvalue weighted by Crippen LogP contribution is -2.45. The van der Waals surface area contributed by atoms with Crippen molar-refractivity contribution in [1.29, 1.82) is 0 Å². The summed E-state index contributed by atoms with van der Waals surface area (Å²) in [6.07, 6.45) is 4.89. The molecule has 20 heavy (non-hydrogen) atoms. The van der Waals surface area contributed by atoms with E-state index in [1.165, 1.54) is 25.7 Å². The lowest BCUT2D eigenvalue weighted by Gasteiger charge is -2.32. The standard InChI is InChI=1S/C15H24N4O/c1-11(19-8-6-16-7-9-19)15-17-13(10-14(20)18-15)12-4-2-3-5-12/h10-12,16H,2-9H2,1H3,(H,17,18,20). The molecule has 1 aromatic rings. The summed E-state index contributed by atoms with van der Waals surface area (Å²) in [5.74, 6) is 1.33. The van der Waals surface area contributed by atoms with Gasteiger partial charge in [-0.25, -0.2) is 4.98 Å². The van der Waals surface area contributed by atoms with Crippen LogP contribution in [0.5, 0.6) is 0 Å². The van der Waals surface area contributed by atoms with Gasteiger partial charge in [0.05, 0.1) is 11.7 Å². The second-order valence-electron chi connectivity index (χ2n) is 6.00. The Morgan fingerprint density at radius 2 is 2.00 bits per heavy atom. The summed E-state index contributed by atoms with van der Waals surface area (Å²) in [5.41, 5.74) is 1.00. The van der Waals surface area contributed by atoms with E-state index in [2.05, 4.69) is 22.1 Å². The second-order valence-corrected chi connectivity index (χ2v) is 6.00. The summed E-state index contributed by atoms with van der Waals surface area (Å²) >= 11 is 0. The van der Waals surface area contributed by atoms with Gasteiger partial charge in [0.2, 0.25) is 0 Å². The Hall–Kier alpha value is -1.20. The Bertz CT molecular complexity index is 501.